The number of unbranched alkanes of at least 4 members (excludes halogenated alkanes) is 1. The van der Waals surface area contributed by atoms with Crippen LogP contribution in [0.3, 0.4) is 0 Å². The molecule has 0 rings (SSSR count). The highest BCUT2D eigenvalue weighted by Gasteiger charge is 2.12. The van der Waals surface area contributed by atoms with Gasteiger partial charge in [-0.3, -0.25) is 4.79 Å². The Morgan fingerprint density at radius 1 is 1.08 bits per heavy atom. The first-order valence-electron chi connectivity index (χ1n) is 5.47. The van der Waals surface area contributed by atoms with Crippen molar-refractivity contribution in [1.82, 2.24) is 0 Å². The molecule has 0 saturated heterocycles. The van der Waals surface area contributed by atoms with Gasteiger partial charge in [-0.25, -0.2) is 0 Å². The first-order valence-corrected chi connectivity index (χ1v) is 9.18. The maximum atomic E-state index is 11.3. The van der Waals surface area contributed by atoms with Crippen LogP contribution in [-0.2, 0) is 4.79 Å². The molecule has 78 valence electrons. The predicted molar refractivity (Wildman–Crippen MR) is 61.9 cm³/mol. The van der Waals surface area contributed by atoms with E-state index in [-0.39, 0.29) is 0 Å². The normalized spacial score (nSPS) is 11.7. The van der Waals surface area contributed by atoms with Crippen LogP contribution in [0.25, 0.3) is 0 Å². The van der Waals surface area contributed by atoms with Crippen LogP contribution in [0.2, 0.25) is 25.7 Å². The zero-order chi connectivity index (χ0) is 10.3. The number of carbonyl (C=O) groups is 1. The molecule has 0 bridgehead atoms. The fourth-order valence-corrected chi connectivity index (χ4v) is 2.55. The van der Waals surface area contributed by atoms with Gasteiger partial charge in [-0.05, 0) is 12.8 Å². The first-order chi connectivity index (χ1) is 5.95. The number of rotatable bonds is 7. The lowest BCUT2D eigenvalue weighted by Crippen LogP contribution is -2.19. The van der Waals surface area contributed by atoms with Gasteiger partial charge in [0.05, 0.1) is 0 Å². The Kier molecular flexibility index (Phi) is 6.30. The van der Waals surface area contributed by atoms with Gasteiger partial charge in [0.2, 0.25) is 0 Å². The molecular weight excluding hydrogens is 176 g/mol. The van der Waals surface area contributed by atoms with E-state index in [2.05, 4.69) is 26.6 Å². The van der Waals surface area contributed by atoms with Gasteiger partial charge < -0.3 is 0 Å². The number of carbonyl (C=O) groups excluding carboxylic acids is 1. The second-order valence-electron chi connectivity index (χ2n) is 5.06. The van der Waals surface area contributed by atoms with E-state index in [1.807, 2.05) is 0 Å². The van der Waals surface area contributed by atoms with Gasteiger partial charge in [0.15, 0.2) is 0 Å². The molecule has 0 aromatic carbocycles. The van der Waals surface area contributed by atoms with E-state index in [1.54, 1.807) is 0 Å². The molecule has 2 heteroatoms. The van der Waals surface area contributed by atoms with E-state index in [0.29, 0.717) is 5.78 Å². The molecule has 0 amide bonds. The van der Waals surface area contributed by atoms with Crippen LogP contribution in [0, 0.1) is 0 Å². The minimum absolute atomic E-state index is 0.472. The summed E-state index contributed by atoms with van der Waals surface area (Å²) in [6.07, 6.45) is 4.97. The molecule has 0 saturated carbocycles. The molecule has 0 atom stereocenters. The van der Waals surface area contributed by atoms with Crippen LogP contribution in [0.1, 0.15) is 39.0 Å². The lowest BCUT2D eigenvalue weighted by Gasteiger charge is -2.14. The largest absolute Gasteiger partial charge is 0.300 e. The third-order valence-electron chi connectivity index (χ3n) is 2.19. The summed E-state index contributed by atoms with van der Waals surface area (Å²) in [7, 11) is -0.908. The molecule has 0 heterocycles. The highest BCUT2D eigenvalue weighted by atomic mass is 28.3. The van der Waals surface area contributed by atoms with E-state index in [9.17, 15) is 4.79 Å². The van der Waals surface area contributed by atoms with E-state index in [4.69, 9.17) is 0 Å². The van der Waals surface area contributed by atoms with Gasteiger partial charge in [-0.2, -0.15) is 0 Å². The van der Waals surface area contributed by atoms with Gasteiger partial charge in [0.25, 0.3) is 0 Å². The van der Waals surface area contributed by atoms with E-state index in [0.717, 1.165) is 32.1 Å². The molecule has 0 aliphatic carbocycles. The second-order valence-corrected chi connectivity index (χ2v) is 10.7. The molecule has 0 aromatic rings. The minimum atomic E-state index is -0.908. The molecule has 0 spiro atoms. The molecular formula is C11H24OSi. The number of ketones is 1. The minimum Gasteiger partial charge on any atom is -0.300 e. The van der Waals surface area contributed by atoms with Crippen molar-refractivity contribution in [2.45, 2.75) is 64.7 Å². The van der Waals surface area contributed by atoms with Crippen molar-refractivity contribution in [2.75, 3.05) is 0 Å². The van der Waals surface area contributed by atoms with Crippen LogP contribution in [0.5, 0.6) is 0 Å². The van der Waals surface area contributed by atoms with Crippen LogP contribution in [0.15, 0.2) is 0 Å². The fraction of sp³-hybridized carbons (Fsp3) is 0.909. The van der Waals surface area contributed by atoms with Crippen molar-refractivity contribution in [3.63, 3.8) is 0 Å². The van der Waals surface area contributed by atoms with Gasteiger partial charge in [0.1, 0.15) is 5.78 Å². The molecule has 0 aliphatic rings. The molecule has 0 aromatic heterocycles. The Balaban J connectivity index is 3.37. The maximum absolute atomic E-state index is 11.3. The second kappa shape index (κ2) is 6.36. The van der Waals surface area contributed by atoms with Crippen LogP contribution >= 0.6 is 0 Å². The van der Waals surface area contributed by atoms with Crippen LogP contribution in [-0.4, -0.2) is 13.9 Å². The zero-order valence-corrected chi connectivity index (χ0v) is 10.7. The Morgan fingerprint density at radius 2 is 1.62 bits per heavy atom. The third kappa shape index (κ3) is 9.80. The first kappa shape index (κ1) is 12.9. The molecule has 1 nitrogen and oxygen atoms in total. The van der Waals surface area contributed by atoms with Crippen molar-refractivity contribution in [1.29, 1.82) is 0 Å². The Bertz CT molecular complexity index is 147. The molecule has 0 unspecified atom stereocenters. The maximum Gasteiger partial charge on any atom is 0.132 e. The van der Waals surface area contributed by atoms with Crippen molar-refractivity contribution < 1.29 is 4.79 Å². The monoisotopic (exact) mass is 200 g/mol. The quantitative estimate of drug-likeness (QED) is 0.570. The van der Waals surface area contributed by atoms with Crippen molar-refractivity contribution in [3.8, 4) is 0 Å². The summed E-state index contributed by atoms with van der Waals surface area (Å²) >= 11 is 0. The number of Topliss-reactive ketones (excluding diaryl/α,β-unsaturated/α-hetero) is 1. The fourth-order valence-electron chi connectivity index (χ4n) is 1.31. The van der Waals surface area contributed by atoms with Crippen LogP contribution in [0.4, 0.5) is 0 Å². The predicted octanol–water partition coefficient (Wildman–Crippen LogP) is 3.86. The van der Waals surface area contributed by atoms with Crippen LogP contribution < -0.4 is 0 Å². The van der Waals surface area contributed by atoms with E-state index >= 15 is 0 Å². The van der Waals surface area contributed by atoms with Gasteiger partial charge in [-0.15, -0.1) is 0 Å². The smallest absolute Gasteiger partial charge is 0.132 e. The Morgan fingerprint density at radius 3 is 2.08 bits per heavy atom. The highest BCUT2D eigenvalue weighted by Crippen LogP contribution is 2.13. The Labute approximate surface area is 83.9 Å². The summed E-state index contributed by atoms with van der Waals surface area (Å²) in [5, 5.41) is 0. The van der Waals surface area contributed by atoms with Gasteiger partial charge in [0, 0.05) is 20.9 Å². The molecule has 0 N–H and O–H groups in total. The highest BCUT2D eigenvalue weighted by molar-refractivity contribution is 6.76. The van der Waals surface area contributed by atoms with E-state index in [1.165, 1.54) is 6.04 Å². The summed E-state index contributed by atoms with van der Waals surface area (Å²) in [6, 6.07) is 1.30. The summed E-state index contributed by atoms with van der Waals surface area (Å²) in [4.78, 5) is 11.3. The van der Waals surface area contributed by atoms with Crippen molar-refractivity contribution in [3.05, 3.63) is 0 Å². The third-order valence-corrected chi connectivity index (χ3v) is 4.05. The summed E-state index contributed by atoms with van der Waals surface area (Å²) in [6.45, 7) is 9.23. The standard InChI is InChI=1S/C11H24OSi/c1-5-6-8-11(12)9-7-10-13(2,3)4/h5-10H2,1-4H3. The topological polar surface area (TPSA) is 17.1 Å². The Hall–Kier alpha value is -0.113. The average molecular weight is 200 g/mol. The SMILES string of the molecule is CCCCC(=O)CCC[Si](C)(C)C. The summed E-state index contributed by atoms with van der Waals surface area (Å²) in [5.41, 5.74) is 0. The number of hydrogen-bond donors (Lipinski definition) is 0. The lowest BCUT2D eigenvalue weighted by atomic mass is 10.1. The van der Waals surface area contributed by atoms with Crippen molar-refractivity contribution in [2.24, 2.45) is 0 Å². The molecule has 0 aliphatic heterocycles. The zero-order valence-electron chi connectivity index (χ0n) is 9.65. The van der Waals surface area contributed by atoms with Gasteiger partial charge >= 0.3 is 0 Å². The summed E-state index contributed by atoms with van der Waals surface area (Å²) in [5.74, 6) is 0.472. The van der Waals surface area contributed by atoms with Gasteiger partial charge in [-0.1, -0.05) is 39.0 Å². The summed E-state index contributed by atoms with van der Waals surface area (Å²) < 4.78 is 0. The van der Waals surface area contributed by atoms with Crippen molar-refractivity contribution >= 4 is 13.9 Å². The molecule has 0 fully saturated rings. The molecule has 0 radical (unpaired) electrons. The van der Waals surface area contributed by atoms with E-state index < -0.39 is 8.07 Å². The lowest BCUT2D eigenvalue weighted by molar-refractivity contribution is -0.119. The molecule has 13 heavy (non-hydrogen) atoms. The number of hydrogen-bond acceptors (Lipinski definition) is 1. The average Bonchev–Trinajstić information content (AvgIpc) is 1.98.